The maximum absolute atomic E-state index is 12.9. The Bertz CT molecular complexity index is 1070. The van der Waals surface area contributed by atoms with Gasteiger partial charge in [0.1, 0.15) is 0 Å². The molecule has 2 aromatic carbocycles. The number of fused-ring (bicyclic) bond motifs is 1. The Hall–Kier alpha value is -3.56. The normalized spacial score (nSPS) is 13.8. The Morgan fingerprint density at radius 3 is 2.20 bits per heavy atom. The fraction of sp³-hybridized carbons (Fsp3) is 0.250. The molecule has 1 aliphatic rings. The lowest BCUT2D eigenvalue weighted by Crippen LogP contribution is -2.30. The Morgan fingerprint density at radius 2 is 1.53 bits per heavy atom. The van der Waals surface area contributed by atoms with Gasteiger partial charge in [0.2, 0.25) is 5.82 Å². The average molecular weight is 415 g/mol. The molecule has 3 aromatic rings. The zero-order chi connectivity index (χ0) is 21.3. The van der Waals surface area contributed by atoms with Crippen molar-refractivity contribution in [1.82, 2.24) is 25.1 Å². The van der Waals surface area contributed by atoms with E-state index >= 15 is 0 Å². The van der Waals surface area contributed by atoms with Gasteiger partial charge in [-0.1, -0.05) is 24.3 Å². The van der Waals surface area contributed by atoms with Gasteiger partial charge in [0.15, 0.2) is 0 Å². The smallest absolute Gasteiger partial charge is 0.274 e. The fourth-order valence-corrected chi connectivity index (χ4v) is 3.25. The molecule has 0 fully saturated rings. The molecule has 1 aliphatic heterocycles. The molecule has 0 bridgehead atoms. The topological polar surface area (TPSA) is 81.0 Å². The Balaban J connectivity index is 1.33. The Morgan fingerprint density at radius 1 is 0.867 bits per heavy atom. The molecular weight excluding hydrogens is 399 g/mol. The van der Waals surface area contributed by atoms with E-state index in [1.54, 1.807) is 24.3 Å². The molecule has 2 amide bonds. The summed E-state index contributed by atoms with van der Waals surface area (Å²) >= 11 is 0. The summed E-state index contributed by atoms with van der Waals surface area (Å²) in [5.41, 5.74) is 0.261. The zero-order valence-electron chi connectivity index (χ0n) is 15.6. The number of imide groups is 1. The number of carbonyl (C=O) groups excluding carboxylic acids is 2. The summed E-state index contributed by atoms with van der Waals surface area (Å²) in [4.78, 5) is 27.1. The number of alkyl halides is 3. The van der Waals surface area contributed by atoms with Crippen molar-refractivity contribution in [2.75, 3.05) is 6.54 Å². The number of aryl methyl sites for hydroxylation is 1. The van der Waals surface area contributed by atoms with Crippen molar-refractivity contribution in [3.05, 3.63) is 65.2 Å². The van der Waals surface area contributed by atoms with Crippen molar-refractivity contribution in [2.24, 2.45) is 0 Å². The summed E-state index contributed by atoms with van der Waals surface area (Å²) in [5, 5.41) is 11.8. The van der Waals surface area contributed by atoms with E-state index in [0.29, 0.717) is 30.5 Å². The average Bonchev–Trinajstić information content (AvgIpc) is 3.30. The SMILES string of the molecule is O=C1c2ccccc2C(=O)N1CCCCn1nnc(-c2cccc(C(F)(F)F)c2)n1. The van der Waals surface area contributed by atoms with Gasteiger partial charge in [-0.2, -0.15) is 18.0 Å². The zero-order valence-corrected chi connectivity index (χ0v) is 15.6. The third kappa shape index (κ3) is 3.80. The van der Waals surface area contributed by atoms with E-state index in [2.05, 4.69) is 15.4 Å². The molecule has 0 aliphatic carbocycles. The lowest BCUT2D eigenvalue weighted by atomic mass is 10.1. The van der Waals surface area contributed by atoms with Gasteiger partial charge in [0.25, 0.3) is 11.8 Å². The largest absolute Gasteiger partial charge is 0.416 e. The third-order valence-corrected chi connectivity index (χ3v) is 4.77. The van der Waals surface area contributed by atoms with Crippen LogP contribution in [0.3, 0.4) is 0 Å². The molecule has 1 aromatic heterocycles. The standard InChI is InChI=1S/C20H16F3N5O2/c21-20(22,23)14-7-5-6-13(12-14)17-24-26-28(25-17)11-4-3-10-27-18(29)15-8-1-2-9-16(15)19(27)30/h1-2,5-9,12H,3-4,10-11H2. The van der Waals surface area contributed by atoms with Crippen LogP contribution in [0.1, 0.15) is 39.1 Å². The van der Waals surface area contributed by atoms with Gasteiger partial charge in [-0.25, -0.2) is 0 Å². The van der Waals surface area contributed by atoms with Crippen LogP contribution in [0.5, 0.6) is 0 Å². The van der Waals surface area contributed by atoms with Crippen LogP contribution in [0.4, 0.5) is 13.2 Å². The minimum atomic E-state index is -4.45. The highest BCUT2D eigenvalue weighted by atomic mass is 19.4. The van der Waals surface area contributed by atoms with E-state index in [-0.39, 0.29) is 29.7 Å². The molecule has 30 heavy (non-hydrogen) atoms. The maximum atomic E-state index is 12.9. The minimum Gasteiger partial charge on any atom is -0.274 e. The molecule has 0 unspecified atom stereocenters. The quantitative estimate of drug-likeness (QED) is 0.455. The maximum Gasteiger partial charge on any atom is 0.416 e. The monoisotopic (exact) mass is 415 g/mol. The summed E-state index contributed by atoms with van der Waals surface area (Å²) in [6.45, 7) is 0.622. The van der Waals surface area contributed by atoms with Crippen LogP contribution in [0.2, 0.25) is 0 Å². The molecule has 2 heterocycles. The van der Waals surface area contributed by atoms with Crippen LogP contribution in [0.25, 0.3) is 11.4 Å². The molecule has 0 spiro atoms. The number of halogens is 3. The predicted molar refractivity (Wildman–Crippen MR) is 99.3 cm³/mol. The molecule has 154 valence electrons. The van der Waals surface area contributed by atoms with Gasteiger partial charge in [-0.3, -0.25) is 14.5 Å². The van der Waals surface area contributed by atoms with Crippen LogP contribution in [-0.2, 0) is 12.7 Å². The summed E-state index contributed by atoms with van der Waals surface area (Å²) in [7, 11) is 0. The highest BCUT2D eigenvalue weighted by Crippen LogP contribution is 2.31. The Labute approximate surface area is 169 Å². The van der Waals surface area contributed by atoms with Gasteiger partial charge in [-0.05, 0) is 42.3 Å². The molecule has 4 rings (SSSR count). The van der Waals surface area contributed by atoms with E-state index < -0.39 is 11.7 Å². The molecule has 10 heteroatoms. The first-order valence-corrected chi connectivity index (χ1v) is 9.25. The first-order chi connectivity index (χ1) is 14.3. The summed E-state index contributed by atoms with van der Waals surface area (Å²) < 4.78 is 38.6. The first-order valence-electron chi connectivity index (χ1n) is 9.25. The molecule has 0 radical (unpaired) electrons. The van der Waals surface area contributed by atoms with Crippen molar-refractivity contribution >= 4 is 11.8 Å². The molecule has 0 N–H and O–H groups in total. The number of amides is 2. The van der Waals surface area contributed by atoms with Crippen LogP contribution in [0.15, 0.2) is 48.5 Å². The minimum absolute atomic E-state index is 0.0986. The number of nitrogens with zero attached hydrogens (tertiary/aromatic N) is 5. The van der Waals surface area contributed by atoms with Gasteiger partial charge in [-0.15, -0.1) is 10.2 Å². The summed E-state index contributed by atoms with van der Waals surface area (Å²) in [5.74, 6) is -0.510. The first kappa shape index (κ1) is 19.7. The van der Waals surface area contributed by atoms with E-state index in [9.17, 15) is 22.8 Å². The van der Waals surface area contributed by atoms with Crippen LogP contribution < -0.4 is 0 Å². The van der Waals surface area contributed by atoms with Gasteiger partial charge >= 0.3 is 6.18 Å². The van der Waals surface area contributed by atoms with Crippen LogP contribution >= 0.6 is 0 Å². The second kappa shape index (κ2) is 7.69. The number of carbonyl (C=O) groups is 2. The van der Waals surface area contributed by atoms with Crippen molar-refractivity contribution in [3.63, 3.8) is 0 Å². The number of aromatic nitrogens is 4. The summed E-state index contributed by atoms with van der Waals surface area (Å²) in [6.07, 6.45) is -3.35. The van der Waals surface area contributed by atoms with Crippen molar-refractivity contribution in [3.8, 4) is 11.4 Å². The summed E-state index contributed by atoms with van der Waals surface area (Å²) in [6, 6.07) is 11.4. The highest BCUT2D eigenvalue weighted by Gasteiger charge is 2.34. The predicted octanol–water partition coefficient (Wildman–Crippen LogP) is 3.44. The second-order valence-electron chi connectivity index (χ2n) is 6.80. The van der Waals surface area contributed by atoms with Crippen molar-refractivity contribution < 1.29 is 22.8 Å². The number of tetrazole rings is 1. The van der Waals surface area contributed by atoms with Gasteiger partial charge in [0, 0.05) is 12.1 Å². The van der Waals surface area contributed by atoms with Crippen LogP contribution in [0, 0.1) is 0 Å². The number of unbranched alkanes of at least 4 members (excludes halogenated alkanes) is 1. The van der Waals surface area contributed by atoms with E-state index in [0.717, 1.165) is 12.1 Å². The number of rotatable bonds is 6. The van der Waals surface area contributed by atoms with E-state index in [4.69, 9.17) is 0 Å². The van der Waals surface area contributed by atoms with Gasteiger partial charge in [0.05, 0.1) is 23.2 Å². The highest BCUT2D eigenvalue weighted by molar-refractivity contribution is 6.21. The third-order valence-electron chi connectivity index (χ3n) is 4.77. The molecule has 0 saturated heterocycles. The van der Waals surface area contributed by atoms with Crippen molar-refractivity contribution in [1.29, 1.82) is 0 Å². The van der Waals surface area contributed by atoms with E-state index in [1.165, 1.54) is 21.8 Å². The fourth-order valence-electron chi connectivity index (χ4n) is 3.25. The number of hydrogen-bond donors (Lipinski definition) is 0. The second-order valence-corrected chi connectivity index (χ2v) is 6.80. The molecular formula is C20H16F3N5O2. The number of benzene rings is 2. The number of hydrogen-bond acceptors (Lipinski definition) is 5. The van der Waals surface area contributed by atoms with Crippen LogP contribution in [-0.4, -0.2) is 43.5 Å². The molecule has 0 atom stereocenters. The molecule has 7 nitrogen and oxygen atoms in total. The lowest BCUT2D eigenvalue weighted by molar-refractivity contribution is -0.137. The molecule has 0 saturated carbocycles. The van der Waals surface area contributed by atoms with E-state index in [1.807, 2.05) is 0 Å². The Kier molecular flexibility index (Phi) is 5.06. The lowest BCUT2D eigenvalue weighted by Gasteiger charge is -2.13. The van der Waals surface area contributed by atoms with Gasteiger partial charge < -0.3 is 0 Å². The van der Waals surface area contributed by atoms with Crippen molar-refractivity contribution in [2.45, 2.75) is 25.6 Å².